The van der Waals surface area contributed by atoms with Crippen LogP contribution in [0.25, 0.3) is 11.1 Å². The molecule has 0 radical (unpaired) electrons. The lowest BCUT2D eigenvalue weighted by Crippen LogP contribution is -2.35. The molecule has 3 aromatic rings. The first-order chi connectivity index (χ1) is 14.9. The number of nitrogens with zero attached hydrogens (tertiary/aromatic N) is 1. The fourth-order valence-corrected chi connectivity index (χ4v) is 5.20. The van der Waals surface area contributed by atoms with Crippen molar-refractivity contribution in [1.82, 2.24) is 4.31 Å². The monoisotopic (exact) mass is 438 g/mol. The molecule has 1 amide bonds. The molecular weight excluding hydrogens is 415 g/mol. The first-order valence-corrected chi connectivity index (χ1v) is 11.6. The zero-order chi connectivity index (χ0) is 21.8. The largest absolute Gasteiger partial charge is 0.322 e. The molecule has 0 unspecified atom stereocenters. The molecule has 0 aliphatic carbocycles. The summed E-state index contributed by atoms with van der Waals surface area (Å²) in [6, 6.07) is 19.4. The van der Waals surface area contributed by atoms with Crippen LogP contribution >= 0.6 is 0 Å². The van der Waals surface area contributed by atoms with Crippen molar-refractivity contribution in [3.8, 4) is 11.1 Å². The molecular formula is C24H23FN2O3S. The Morgan fingerprint density at radius 1 is 0.839 bits per heavy atom. The third-order valence-corrected chi connectivity index (χ3v) is 7.26. The number of sulfonamides is 1. The summed E-state index contributed by atoms with van der Waals surface area (Å²) in [5, 5.41) is 2.68. The Balaban J connectivity index is 1.53. The minimum Gasteiger partial charge on any atom is -0.322 e. The summed E-state index contributed by atoms with van der Waals surface area (Å²) in [5.74, 6) is -0.775. The van der Waals surface area contributed by atoms with Crippen molar-refractivity contribution < 1.29 is 17.6 Å². The second-order valence-electron chi connectivity index (χ2n) is 7.53. The summed E-state index contributed by atoms with van der Waals surface area (Å²) in [6.45, 7) is 1.12. The Labute approximate surface area is 181 Å². The maximum absolute atomic E-state index is 13.3. The van der Waals surface area contributed by atoms with Gasteiger partial charge >= 0.3 is 0 Å². The summed E-state index contributed by atoms with van der Waals surface area (Å²) < 4.78 is 40.5. The molecule has 160 valence electrons. The zero-order valence-corrected chi connectivity index (χ0v) is 17.7. The first-order valence-electron chi connectivity index (χ1n) is 10.2. The number of hydrogen-bond acceptors (Lipinski definition) is 3. The number of anilines is 1. The van der Waals surface area contributed by atoms with Crippen molar-refractivity contribution in [2.75, 3.05) is 18.4 Å². The number of nitrogens with one attached hydrogen (secondary N) is 1. The predicted octanol–water partition coefficient (Wildman–Crippen LogP) is 4.92. The highest BCUT2D eigenvalue weighted by molar-refractivity contribution is 7.89. The first kappa shape index (κ1) is 21.2. The molecule has 1 aliphatic heterocycles. The molecule has 5 nitrogen and oxygen atoms in total. The minimum atomic E-state index is -3.48. The molecule has 1 fully saturated rings. The van der Waals surface area contributed by atoms with Crippen molar-refractivity contribution in [2.45, 2.75) is 24.2 Å². The van der Waals surface area contributed by atoms with Crippen LogP contribution < -0.4 is 5.32 Å². The van der Waals surface area contributed by atoms with Gasteiger partial charge in [-0.25, -0.2) is 12.8 Å². The van der Waals surface area contributed by atoms with Gasteiger partial charge in [0.25, 0.3) is 5.91 Å². The van der Waals surface area contributed by atoms with E-state index in [1.807, 2.05) is 6.07 Å². The minimum absolute atomic E-state index is 0.276. The van der Waals surface area contributed by atoms with Gasteiger partial charge in [-0.05, 0) is 66.4 Å². The van der Waals surface area contributed by atoms with Gasteiger partial charge in [0.2, 0.25) is 10.0 Å². The van der Waals surface area contributed by atoms with Crippen LogP contribution in [0.3, 0.4) is 0 Å². The molecule has 31 heavy (non-hydrogen) atoms. The molecule has 0 atom stereocenters. The molecule has 0 aromatic heterocycles. The van der Waals surface area contributed by atoms with Crippen LogP contribution in [0.5, 0.6) is 0 Å². The van der Waals surface area contributed by atoms with E-state index in [0.29, 0.717) is 24.3 Å². The number of piperidine rings is 1. The molecule has 7 heteroatoms. The summed E-state index contributed by atoms with van der Waals surface area (Å²) >= 11 is 0. The highest BCUT2D eigenvalue weighted by atomic mass is 32.2. The summed E-state index contributed by atoms with van der Waals surface area (Å²) in [7, 11) is -3.48. The smallest absolute Gasteiger partial charge is 0.255 e. The van der Waals surface area contributed by atoms with Gasteiger partial charge in [-0.1, -0.05) is 36.8 Å². The van der Waals surface area contributed by atoms with Crippen LogP contribution in [0.2, 0.25) is 0 Å². The van der Waals surface area contributed by atoms with E-state index in [0.717, 1.165) is 30.4 Å². The number of amides is 1. The average Bonchev–Trinajstić information content (AvgIpc) is 2.80. The SMILES string of the molecule is O=C(Nc1cccc(F)c1)c1cccc(-c2ccc(S(=O)(=O)N3CCCCC3)cc2)c1. The van der Waals surface area contributed by atoms with Crippen molar-refractivity contribution in [3.05, 3.63) is 84.2 Å². The number of halogens is 1. The van der Waals surface area contributed by atoms with E-state index < -0.39 is 15.8 Å². The Kier molecular flexibility index (Phi) is 6.15. The van der Waals surface area contributed by atoms with Gasteiger partial charge in [0.1, 0.15) is 5.82 Å². The standard InChI is InChI=1S/C24H23FN2O3S/c25-21-8-5-9-22(17-21)26-24(28)20-7-4-6-19(16-20)18-10-12-23(13-11-18)31(29,30)27-14-2-1-3-15-27/h4-13,16-17H,1-3,14-15H2,(H,26,28). The molecule has 1 aliphatic rings. The van der Waals surface area contributed by atoms with Crippen LogP contribution in [-0.2, 0) is 10.0 Å². The van der Waals surface area contributed by atoms with Crippen molar-refractivity contribution in [2.24, 2.45) is 0 Å². The van der Waals surface area contributed by atoms with Crippen molar-refractivity contribution in [3.63, 3.8) is 0 Å². The molecule has 1 saturated heterocycles. The number of rotatable bonds is 5. The molecule has 4 rings (SSSR count). The van der Waals surface area contributed by atoms with E-state index in [1.165, 1.54) is 18.2 Å². The van der Waals surface area contributed by atoms with E-state index in [2.05, 4.69) is 5.32 Å². The van der Waals surface area contributed by atoms with Crippen LogP contribution in [0.1, 0.15) is 29.6 Å². The molecule has 3 aromatic carbocycles. The highest BCUT2D eigenvalue weighted by Gasteiger charge is 2.25. The van der Waals surface area contributed by atoms with Crippen LogP contribution in [0, 0.1) is 5.82 Å². The number of carbonyl (C=O) groups is 1. The maximum atomic E-state index is 13.3. The Morgan fingerprint density at radius 2 is 1.55 bits per heavy atom. The van der Waals surface area contributed by atoms with Gasteiger partial charge in [0, 0.05) is 24.3 Å². The van der Waals surface area contributed by atoms with Gasteiger partial charge < -0.3 is 5.32 Å². The normalized spacial score (nSPS) is 14.9. The van der Waals surface area contributed by atoms with Crippen molar-refractivity contribution in [1.29, 1.82) is 0 Å². The lowest BCUT2D eigenvalue weighted by atomic mass is 10.0. The summed E-state index contributed by atoms with van der Waals surface area (Å²) in [6.07, 6.45) is 2.84. The lowest BCUT2D eigenvalue weighted by molar-refractivity contribution is 0.102. The average molecular weight is 439 g/mol. The van der Waals surface area contributed by atoms with Gasteiger partial charge in [-0.15, -0.1) is 0 Å². The van der Waals surface area contributed by atoms with Crippen LogP contribution in [-0.4, -0.2) is 31.7 Å². The van der Waals surface area contributed by atoms with Gasteiger partial charge in [0.05, 0.1) is 4.90 Å². The Morgan fingerprint density at radius 3 is 2.26 bits per heavy atom. The van der Waals surface area contributed by atoms with E-state index in [-0.39, 0.29) is 10.8 Å². The van der Waals surface area contributed by atoms with E-state index >= 15 is 0 Å². The molecule has 1 heterocycles. The van der Waals surface area contributed by atoms with Gasteiger partial charge in [-0.3, -0.25) is 4.79 Å². The highest BCUT2D eigenvalue weighted by Crippen LogP contribution is 2.25. The second kappa shape index (κ2) is 8.99. The molecule has 0 bridgehead atoms. The maximum Gasteiger partial charge on any atom is 0.255 e. The topological polar surface area (TPSA) is 66.5 Å². The lowest BCUT2D eigenvalue weighted by Gasteiger charge is -2.25. The third kappa shape index (κ3) is 4.84. The van der Waals surface area contributed by atoms with Crippen molar-refractivity contribution >= 4 is 21.6 Å². The Hall–Kier alpha value is -3.03. The Bertz CT molecular complexity index is 1190. The van der Waals surface area contributed by atoms with Crippen LogP contribution in [0.4, 0.5) is 10.1 Å². The van der Waals surface area contributed by atoms with E-state index in [9.17, 15) is 17.6 Å². The van der Waals surface area contributed by atoms with Crippen LogP contribution in [0.15, 0.2) is 77.7 Å². The second-order valence-corrected chi connectivity index (χ2v) is 9.47. The third-order valence-electron chi connectivity index (χ3n) is 5.35. The summed E-state index contributed by atoms with van der Waals surface area (Å²) in [5.41, 5.74) is 2.39. The number of benzene rings is 3. The molecule has 1 N–H and O–H groups in total. The summed E-state index contributed by atoms with van der Waals surface area (Å²) in [4.78, 5) is 12.8. The zero-order valence-electron chi connectivity index (χ0n) is 16.9. The van der Waals surface area contributed by atoms with E-state index in [1.54, 1.807) is 52.8 Å². The molecule has 0 saturated carbocycles. The molecule has 0 spiro atoms. The van der Waals surface area contributed by atoms with E-state index in [4.69, 9.17) is 0 Å². The number of carbonyl (C=O) groups excluding carboxylic acids is 1. The number of hydrogen-bond donors (Lipinski definition) is 1. The quantitative estimate of drug-likeness (QED) is 0.615. The predicted molar refractivity (Wildman–Crippen MR) is 119 cm³/mol. The van der Waals surface area contributed by atoms with Gasteiger partial charge in [-0.2, -0.15) is 4.31 Å². The fraction of sp³-hybridized carbons (Fsp3) is 0.208. The fourth-order valence-electron chi connectivity index (χ4n) is 3.68. The van der Waals surface area contributed by atoms with Gasteiger partial charge in [0.15, 0.2) is 0 Å².